The Morgan fingerprint density at radius 2 is 0.562 bits per heavy atom. The van der Waals surface area contributed by atoms with Gasteiger partial charge in [-0.1, -0.05) is 354 Å². The average molecular weight is 1030 g/mol. The zero-order valence-electron chi connectivity index (χ0n) is 49.9. The number of ether oxygens (including phenoxy) is 1. The second kappa shape index (κ2) is 63.4. The summed E-state index contributed by atoms with van der Waals surface area (Å²) in [6.45, 7) is 5.00. The first-order valence-electron chi connectivity index (χ1n) is 33.8. The van der Waals surface area contributed by atoms with Crippen molar-refractivity contribution < 1.29 is 24.5 Å². The van der Waals surface area contributed by atoms with Crippen molar-refractivity contribution in [3.8, 4) is 0 Å². The summed E-state index contributed by atoms with van der Waals surface area (Å²) in [7, 11) is 0. The summed E-state index contributed by atoms with van der Waals surface area (Å²) in [6.07, 6.45) is 75.7. The molecule has 0 saturated heterocycles. The van der Waals surface area contributed by atoms with Crippen LogP contribution in [-0.2, 0) is 14.3 Å². The molecule has 0 aromatic carbocycles. The minimum Gasteiger partial charge on any atom is -0.466 e. The Labute approximate surface area is 457 Å². The number of rotatable bonds is 64. The van der Waals surface area contributed by atoms with E-state index >= 15 is 0 Å². The summed E-state index contributed by atoms with van der Waals surface area (Å²) in [5.41, 5.74) is 0. The van der Waals surface area contributed by atoms with E-state index in [0.29, 0.717) is 25.9 Å². The molecule has 0 fully saturated rings. The van der Waals surface area contributed by atoms with Crippen LogP contribution in [0.3, 0.4) is 0 Å². The van der Waals surface area contributed by atoms with Gasteiger partial charge in [0.1, 0.15) is 0 Å². The quantitative estimate of drug-likeness (QED) is 0.0417. The minimum atomic E-state index is -0.661. The predicted octanol–water partition coefficient (Wildman–Crippen LogP) is 21.4. The van der Waals surface area contributed by atoms with E-state index in [9.17, 15) is 19.8 Å². The van der Waals surface area contributed by atoms with E-state index < -0.39 is 12.1 Å². The van der Waals surface area contributed by atoms with Crippen LogP contribution in [0, 0.1) is 0 Å². The van der Waals surface area contributed by atoms with Gasteiger partial charge in [-0.2, -0.15) is 0 Å². The molecule has 6 nitrogen and oxygen atoms in total. The standard InChI is InChI=1S/C67H133NO5/c1-3-5-7-9-11-13-15-17-31-35-39-43-47-51-55-59-65(70)64(63-69)68-66(71)60-56-52-48-44-40-36-33-29-27-25-23-21-19-20-22-24-26-28-30-34-38-42-46-50-54-58-62-73-67(72)61-57-53-49-45-41-37-32-18-16-14-12-10-8-6-4-2/h64-65,69-70H,3-63H2,1-2H3,(H,68,71). The first kappa shape index (κ1) is 71.9. The molecule has 0 saturated carbocycles. The van der Waals surface area contributed by atoms with Gasteiger partial charge in [0.25, 0.3) is 0 Å². The van der Waals surface area contributed by atoms with Crippen molar-refractivity contribution >= 4 is 11.9 Å². The highest BCUT2D eigenvalue weighted by molar-refractivity contribution is 5.76. The average Bonchev–Trinajstić information content (AvgIpc) is 3.39. The number of aliphatic hydroxyl groups is 2. The molecule has 0 aromatic heterocycles. The van der Waals surface area contributed by atoms with Crippen molar-refractivity contribution in [2.45, 2.75) is 405 Å². The monoisotopic (exact) mass is 1030 g/mol. The normalized spacial score (nSPS) is 12.4. The molecule has 0 spiro atoms. The molecule has 436 valence electrons. The molecule has 0 heterocycles. The highest BCUT2D eigenvalue weighted by Crippen LogP contribution is 2.19. The maximum absolute atomic E-state index is 12.5. The number of nitrogens with one attached hydrogen (secondary N) is 1. The van der Waals surface area contributed by atoms with Crippen molar-refractivity contribution in [3.63, 3.8) is 0 Å². The van der Waals surface area contributed by atoms with Crippen molar-refractivity contribution in [2.75, 3.05) is 13.2 Å². The lowest BCUT2D eigenvalue weighted by atomic mass is 10.0. The third-order valence-electron chi connectivity index (χ3n) is 16.2. The lowest BCUT2D eigenvalue weighted by Gasteiger charge is -2.22. The van der Waals surface area contributed by atoms with E-state index in [1.165, 1.54) is 321 Å². The second-order valence-corrected chi connectivity index (χ2v) is 23.5. The van der Waals surface area contributed by atoms with E-state index in [1.807, 2.05) is 0 Å². The summed E-state index contributed by atoms with van der Waals surface area (Å²) in [4.78, 5) is 24.6. The number of amides is 1. The topological polar surface area (TPSA) is 95.9 Å². The number of esters is 1. The fourth-order valence-electron chi connectivity index (χ4n) is 11.0. The molecule has 1 amide bonds. The lowest BCUT2D eigenvalue weighted by Crippen LogP contribution is -2.45. The van der Waals surface area contributed by atoms with Crippen LogP contribution < -0.4 is 5.32 Å². The first-order valence-corrected chi connectivity index (χ1v) is 33.8. The molecule has 0 aromatic rings. The SMILES string of the molecule is CCCCCCCCCCCCCCCCCC(=O)OCCCCCCCCCCCCCCCCCCCCCCCCCCCCC(=O)NC(CO)C(O)CCCCCCCCCCCCCCCCC. The molecule has 0 bridgehead atoms. The smallest absolute Gasteiger partial charge is 0.305 e. The van der Waals surface area contributed by atoms with E-state index in [0.717, 1.165) is 38.5 Å². The number of carbonyl (C=O) groups is 2. The number of aliphatic hydroxyl groups excluding tert-OH is 2. The summed E-state index contributed by atoms with van der Waals surface area (Å²) in [5.74, 6) is -0.00780. The van der Waals surface area contributed by atoms with Crippen LogP contribution >= 0.6 is 0 Å². The van der Waals surface area contributed by atoms with E-state index in [4.69, 9.17) is 4.74 Å². The van der Waals surface area contributed by atoms with E-state index in [-0.39, 0.29) is 18.5 Å². The van der Waals surface area contributed by atoms with Crippen LogP contribution in [0.1, 0.15) is 393 Å². The lowest BCUT2D eigenvalue weighted by molar-refractivity contribution is -0.143. The van der Waals surface area contributed by atoms with Gasteiger partial charge in [0, 0.05) is 12.8 Å². The Morgan fingerprint density at radius 1 is 0.329 bits per heavy atom. The molecule has 2 unspecified atom stereocenters. The minimum absolute atomic E-state index is 0.0213. The maximum atomic E-state index is 12.5. The zero-order valence-corrected chi connectivity index (χ0v) is 49.9. The molecule has 0 radical (unpaired) electrons. The molecule has 0 aliphatic heterocycles. The fourth-order valence-corrected chi connectivity index (χ4v) is 11.0. The van der Waals surface area contributed by atoms with Crippen molar-refractivity contribution in [3.05, 3.63) is 0 Å². The third-order valence-corrected chi connectivity index (χ3v) is 16.2. The van der Waals surface area contributed by atoms with Gasteiger partial charge < -0.3 is 20.3 Å². The molecule has 0 aliphatic carbocycles. The zero-order chi connectivity index (χ0) is 52.9. The van der Waals surface area contributed by atoms with Crippen molar-refractivity contribution in [2.24, 2.45) is 0 Å². The van der Waals surface area contributed by atoms with Gasteiger partial charge in [-0.05, 0) is 25.7 Å². The number of carbonyl (C=O) groups excluding carboxylic acids is 2. The summed E-state index contributed by atoms with van der Waals surface area (Å²) in [5, 5.41) is 23.3. The number of unbranched alkanes of at least 4 members (excludes halogenated alkanes) is 53. The van der Waals surface area contributed by atoms with Gasteiger partial charge in [0.05, 0.1) is 25.4 Å². The number of hydrogen-bond donors (Lipinski definition) is 3. The van der Waals surface area contributed by atoms with Crippen LogP contribution in [-0.4, -0.2) is 47.4 Å². The van der Waals surface area contributed by atoms with Crippen LogP contribution in [0.5, 0.6) is 0 Å². The molecule has 6 heteroatoms. The molecular weight excluding hydrogens is 899 g/mol. The highest BCUT2D eigenvalue weighted by atomic mass is 16.5. The fraction of sp³-hybridized carbons (Fsp3) is 0.970. The third kappa shape index (κ3) is 60.0. The summed E-state index contributed by atoms with van der Waals surface area (Å²) >= 11 is 0. The Bertz CT molecular complexity index is 1050. The van der Waals surface area contributed by atoms with Crippen molar-refractivity contribution in [1.82, 2.24) is 5.32 Å². The van der Waals surface area contributed by atoms with Gasteiger partial charge >= 0.3 is 5.97 Å². The van der Waals surface area contributed by atoms with E-state index in [1.54, 1.807) is 0 Å². The molecule has 0 rings (SSSR count). The summed E-state index contributed by atoms with van der Waals surface area (Å²) < 4.78 is 5.50. The van der Waals surface area contributed by atoms with Gasteiger partial charge in [0.15, 0.2) is 0 Å². The predicted molar refractivity (Wildman–Crippen MR) is 320 cm³/mol. The highest BCUT2D eigenvalue weighted by Gasteiger charge is 2.20. The van der Waals surface area contributed by atoms with Gasteiger partial charge in [-0.15, -0.1) is 0 Å². The van der Waals surface area contributed by atoms with Crippen molar-refractivity contribution in [1.29, 1.82) is 0 Å². The summed E-state index contributed by atoms with van der Waals surface area (Å²) in [6, 6.07) is -0.538. The van der Waals surface area contributed by atoms with Crippen LogP contribution in [0.25, 0.3) is 0 Å². The largest absolute Gasteiger partial charge is 0.466 e. The Morgan fingerprint density at radius 3 is 0.836 bits per heavy atom. The Hall–Kier alpha value is -1.14. The molecular formula is C67H133NO5. The van der Waals surface area contributed by atoms with Gasteiger partial charge in [-0.3, -0.25) is 9.59 Å². The molecule has 0 aliphatic rings. The van der Waals surface area contributed by atoms with Gasteiger partial charge in [-0.25, -0.2) is 0 Å². The second-order valence-electron chi connectivity index (χ2n) is 23.5. The Balaban J connectivity index is 3.33. The first-order chi connectivity index (χ1) is 36.0. The molecule has 3 N–H and O–H groups in total. The Kier molecular flexibility index (Phi) is 62.4. The van der Waals surface area contributed by atoms with E-state index in [2.05, 4.69) is 19.2 Å². The van der Waals surface area contributed by atoms with Crippen LogP contribution in [0.2, 0.25) is 0 Å². The number of hydrogen-bond acceptors (Lipinski definition) is 5. The van der Waals surface area contributed by atoms with Crippen LogP contribution in [0.4, 0.5) is 0 Å². The van der Waals surface area contributed by atoms with Gasteiger partial charge in [0.2, 0.25) is 5.91 Å². The molecule has 2 atom stereocenters. The van der Waals surface area contributed by atoms with Crippen LogP contribution in [0.15, 0.2) is 0 Å². The maximum Gasteiger partial charge on any atom is 0.305 e. The molecule has 73 heavy (non-hydrogen) atoms.